The number of aryl methyl sites for hydroxylation is 2. The smallest absolute Gasteiger partial charge is 0.178 e. The summed E-state index contributed by atoms with van der Waals surface area (Å²) >= 11 is 0. The van der Waals surface area contributed by atoms with Crippen LogP contribution < -0.4 is 0 Å². The van der Waals surface area contributed by atoms with Gasteiger partial charge in [0.25, 0.3) is 0 Å². The van der Waals surface area contributed by atoms with Crippen molar-refractivity contribution >= 4 is 5.78 Å². The largest absolute Gasteiger partial charge is 0.293 e. The Kier molecular flexibility index (Phi) is 3.72. The van der Waals surface area contributed by atoms with Crippen molar-refractivity contribution in [3.63, 3.8) is 0 Å². The molecule has 2 unspecified atom stereocenters. The molecule has 27 heavy (non-hydrogen) atoms. The molecule has 1 aromatic carbocycles. The van der Waals surface area contributed by atoms with Crippen LogP contribution in [-0.4, -0.2) is 15.6 Å². The molecule has 2 atom stereocenters. The molecule has 0 aliphatic heterocycles. The Morgan fingerprint density at radius 2 is 1.89 bits per heavy atom. The maximum Gasteiger partial charge on any atom is 0.178 e. The predicted octanol–water partition coefficient (Wildman–Crippen LogP) is 4.27. The summed E-state index contributed by atoms with van der Waals surface area (Å²) in [5.41, 5.74) is 5.11. The van der Waals surface area contributed by atoms with Crippen molar-refractivity contribution < 1.29 is 4.79 Å². The molecule has 4 nitrogen and oxygen atoms in total. The summed E-state index contributed by atoms with van der Waals surface area (Å²) in [4.78, 5) is 12.8. The first-order valence-corrected chi connectivity index (χ1v) is 9.51. The van der Waals surface area contributed by atoms with Gasteiger partial charge >= 0.3 is 0 Å². The SMILES string of the molecule is Cc1ccc(-c2c3c(nn2C)C2(C)C=C(C#N)C(=O)C(C)(C)C2CC3)cc1. The molecule has 0 amide bonds. The zero-order valence-corrected chi connectivity index (χ0v) is 16.6. The van der Waals surface area contributed by atoms with E-state index in [0.29, 0.717) is 0 Å². The average molecular weight is 359 g/mol. The highest BCUT2D eigenvalue weighted by atomic mass is 16.1. The number of hydrogen-bond acceptors (Lipinski definition) is 3. The van der Waals surface area contributed by atoms with E-state index >= 15 is 0 Å². The first-order chi connectivity index (χ1) is 12.7. The van der Waals surface area contributed by atoms with Gasteiger partial charge in [-0.05, 0) is 25.7 Å². The lowest BCUT2D eigenvalue weighted by Crippen LogP contribution is -2.51. The Labute approximate surface area is 160 Å². The van der Waals surface area contributed by atoms with Crippen LogP contribution in [0.15, 0.2) is 35.9 Å². The lowest BCUT2D eigenvalue weighted by Gasteiger charge is -2.49. The second kappa shape index (κ2) is 5.66. The Balaban J connectivity index is 1.95. The quantitative estimate of drug-likeness (QED) is 0.764. The van der Waals surface area contributed by atoms with Gasteiger partial charge in [0.05, 0.1) is 17.0 Å². The van der Waals surface area contributed by atoms with Crippen molar-refractivity contribution in [3.05, 3.63) is 52.7 Å². The van der Waals surface area contributed by atoms with Crippen LogP contribution in [-0.2, 0) is 23.7 Å². The topological polar surface area (TPSA) is 58.7 Å². The van der Waals surface area contributed by atoms with Gasteiger partial charge in [0.1, 0.15) is 6.07 Å². The fourth-order valence-electron chi connectivity index (χ4n) is 5.30. The van der Waals surface area contributed by atoms with Crippen molar-refractivity contribution in [1.82, 2.24) is 9.78 Å². The molecule has 4 rings (SSSR count). The summed E-state index contributed by atoms with van der Waals surface area (Å²) in [5.74, 6) is 0.105. The van der Waals surface area contributed by atoms with E-state index < -0.39 is 10.8 Å². The molecule has 138 valence electrons. The summed E-state index contributed by atoms with van der Waals surface area (Å²) in [6.45, 7) is 8.20. The van der Waals surface area contributed by atoms with Crippen molar-refractivity contribution in [2.45, 2.75) is 46.0 Å². The van der Waals surface area contributed by atoms with Crippen molar-refractivity contribution in [1.29, 1.82) is 5.26 Å². The van der Waals surface area contributed by atoms with Crippen molar-refractivity contribution in [2.75, 3.05) is 0 Å². The average Bonchev–Trinajstić information content (AvgIpc) is 2.96. The fourth-order valence-corrected chi connectivity index (χ4v) is 5.30. The van der Waals surface area contributed by atoms with Crippen molar-refractivity contribution in [2.24, 2.45) is 18.4 Å². The van der Waals surface area contributed by atoms with Gasteiger partial charge < -0.3 is 0 Å². The minimum absolute atomic E-state index is 0.0365. The van der Waals surface area contributed by atoms with E-state index in [0.717, 1.165) is 29.8 Å². The Morgan fingerprint density at radius 1 is 1.22 bits per heavy atom. The van der Waals surface area contributed by atoms with Crippen LogP contribution >= 0.6 is 0 Å². The summed E-state index contributed by atoms with van der Waals surface area (Å²) in [6, 6.07) is 10.7. The van der Waals surface area contributed by atoms with Gasteiger partial charge in [-0.2, -0.15) is 10.4 Å². The van der Waals surface area contributed by atoms with E-state index in [4.69, 9.17) is 5.10 Å². The molecule has 1 heterocycles. The third-order valence-corrected chi connectivity index (χ3v) is 6.65. The highest BCUT2D eigenvalue weighted by Gasteiger charge is 2.55. The Bertz CT molecular complexity index is 1020. The molecular formula is C23H25N3O. The molecule has 0 fully saturated rings. The lowest BCUT2D eigenvalue weighted by atomic mass is 9.52. The number of benzene rings is 1. The van der Waals surface area contributed by atoms with Crippen LogP contribution in [0.2, 0.25) is 0 Å². The van der Waals surface area contributed by atoms with Gasteiger partial charge in [-0.1, -0.05) is 56.7 Å². The number of nitrogens with zero attached hydrogens (tertiary/aromatic N) is 3. The zero-order chi connectivity index (χ0) is 19.6. The second-order valence-corrected chi connectivity index (χ2v) is 8.76. The number of ketones is 1. The van der Waals surface area contributed by atoms with Crippen LogP contribution in [0.25, 0.3) is 11.3 Å². The lowest BCUT2D eigenvalue weighted by molar-refractivity contribution is -0.128. The predicted molar refractivity (Wildman–Crippen MR) is 105 cm³/mol. The van der Waals surface area contributed by atoms with Crippen LogP contribution in [0.1, 0.15) is 44.0 Å². The number of hydrogen-bond donors (Lipinski definition) is 0. The van der Waals surface area contributed by atoms with Gasteiger partial charge in [-0.15, -0.1) is 0 Å². The molecule has 2 aromatic rings. The number of carbonyl (C=O) groups excluding carboxylic acids is 1. The maximum atomic E-state index is 12.8. The van der Waals surface area contributed by atoms with E-state index in [1.807, 2.05) is 31.7 Å². The number of Topliss-reactive ketones (excluding diaryl/α,β-unsaturated/α-hetero) is 1. The number of allylic oxidation sites excluding steroid dienone is 2. The molecular weight excluding hydrogens is 334 g/mol. The standard InChI is InChI=1S/C23H25N3O/c1-14-6-8-15(9-7-14)19-17-10-11-18-22(2,3)21(27)16(13-24)12-23(18,4)20(17)25-26(19)5/h6-9,12,18H,10-11H2,1-5H3. The third kappa shape index (κ3) is 2.34. The number of fused-ring (bicyclic) bond motifs is 3. The molecule has 2 aliphatic carbocycles. The molecule has 1 aromatic heterocycles. The van der Waals surface area contributed by atoms with E-state index in [2.05, 4.69) is 44.2 Å². The van der Waals surface area contributed by atoms with E-state index in [1.54, 1.807) is 0 Å². The summed E-state index contributed by atoms with van der Waals surface area (Å²) < 4.78 is 1.96. The van der Waals surface area contributed by atoms with Crippen LogP contribution in [0.3, 0.4) is 0 Å². The highest BCUT2D eigenvalue weighted by molar-refractivity contribution is 6.04. The molecule has 0 saturated carbocycles. The van der Waals surface area contributed by atoms with Crippen LogP contribution in [0, 0.1) is 29.6 Å². The van der Waals surface area contributed by atoms with Gasteiger partial charge in [-0.3, -0.25) is 9.48 Å². The first kappa shape index (κ1) is 17.7. The van der Waals surface area contributed by atoms with Gasteiger partial charge in [0, 0.05) is 29.0 Å². The van der Waals surface area contributed by atoms with E-state index in [1.165, 1.54) is 11.1 Å². The molecule has 0 bridgehead atoms. The maximum absolute atomic E-state index is 12.8. The molecule has 0 N–H and O–H groups in total. The van der Waals surface area contributed by atoms with E-state index in [-0.39, 0.29) is 17.3 Å². The monoisotopic (exact) mass is 359 g/mol. The zero-order valence-electron chi connectivity index (χ0n) is 16.6. The summed E-state index contributed by atoms with van der Waals surface area (Å²) in [6.07, 6.45) is 3.70. The third-order valence-electron chi connectivity index (χ3n) is 6.65. The second-order valence-electron chi connectivity index (χ2n) is 8.76. The molecule has 4 heteroatoms. The van der Waals surface area contributed by atoms with E-state index in [9.17, 15) is 10.1 Å². The minimum Gasteiger partial charge on any atom is -0.293 e. The number of rotatable bonds is 1. The Morgan fingerprint density at radius 3 is 2.52 bits per heavy atom. The van der Waals surface area contributed by atoms with Crippen LogP contribution in [0.5, 0.6) is 0 Å². The number of carbonyl (C=O) groups is 1. The molecule has 0 radical (unpaired) electrons. The summed E-state index contributed by atoms with van der Waals surface area (Å²) in [7, 11) is 1.99. The number of nitriles is 1. The van der Waals surface area contributed by atoms with Gasteiger partial charge in [0.2, 0.25) is 0 Å². The van der Waals surface area contributed by atoms with Gasteiger partial charge in [0.15, 0.2) is 5.78 Å². The van der Waals surface area contributed by atoms with Crippen LogP contribution in [0.4, 0.5) is 0 Å². The number of aromatic nitrogens is 2. The molecule has 2 aliphatic rings. The fraction of sp³-hybridized carbons (Fsp3) is 0.435. The van der Waals surface area contributed by atoms with Crippen molar-refractivity contribution in [3.8, 4) is 17.3 Å². The Hall–Kier alpha value is -2.67. The highest BCUT2D eigenvalue weighted by Crippen LogP contribution is 2.55. The minimum atomic E-state index is -0.562. The normalized spacial score (nSPS) is 26.0. The molecule has 0 saturated heterocycles. The summed E-state index contributed by atoms with van der Waals surface area (Å²) in [5, 5.41) is 14.5. The molecule has 0 spiro atoms. The first-order valence-electron chi connectivity index (χ1n) is 9.51. The van der Waals surface area contributed by atoms with Gasteiger partial charge in [-0.25, -0.2) is 0 Å².